The molecule has 57 valence electrons. The largest absolute Gasteiger partial charge is 2.00 e. The molecule has 0 aliphatic heterocycles. The van der Waals surface area contributed by atoms with E-state index in [1.807, 2.05) is 20.8 Å². The molecule has 0 unspecified atom stereocenters. The number of hydrogen-bond donors (Lipinski definition) is 1. The summed E-state index contributed by atoms with van der Waals surface area (Å²) in [6, 6.07) is 0. The summed E-state index contributed by atoms with van der Waals surface area (Å²) in [7, 11) is 0. The first kappa shape index (κ1) is 32.7. The van der Waals surface area contributed by atoms with E-state index in [9.17, 15) is 0 Å². The molecule has 0 fully saturated rings. The molecular formula is C6H20NSiTi. The Labute approximate surface area is 79.7 Å². The van der Waals surface area contributed by atoms with Gasteiger partial charge in [-0.2, -0.15) is 0 Å². The molecule has 0 aromatic heterocycles. The van der Waals surface area contributed by atoms with Crippen molar-refractivity contribution in [3.63, 3.8) is 0 Å². The smallest absolute Gasteiger partial charge is 0.358 e. The Bertz CT molecular complexity index is 28.5. The molecule has 0 saturated carbocycles. The molecule has 9 heavy (non-hydrogen) atoms. The maximum atomic E-state index is 5.35. The monoisotopic (exact) mass is 182 g/mol. The minimum absolute atomic E-state index is 0. The summed E-state index contributed by atoms with van der Waals surface area (Å²) < 4.78 is 0. The molecule has 2 N–H and O–H groups in total. The Balaban J connectivity index is -0.0000000133. The van der Waals surface area contributed by atoms with Crippen LogP contribution in [0.15, 0.2) is 0 Å². The maximum absolute atomic E-state index is 5.35. The fourth-order valence-corrected chi connectivity index (χ4v) is 0. The van der Waals surface area contributed by atoms with Crippen LogP contribution in [0.5, 0.6) is 0 Å². The molecule has 0 saturated heterocycles. The van der Waals surface area contributed by atoms with E-state index in [1.165, 1.54) is 0 Å². The molecule has 0 aromatic rings. The van der Waals surface area contributed by atoms with E-state index in [0.717, 1.165) is 0 Å². The van der Waals surface area contributed by atoms with Gasteiger partial charge in [0.15, 0.2) is 0 Å². The molecule has 0 atom stereocenters. The predicted octanol–water partition coefficient (Wildman–Crippen LogP) is 0.458. The van der Waals surface area contributed by atoms with Gasteiger partial charge in [-0.15, -0.1) is 0 Å². The SMILES string of the molecule is CC(C)(C)N.[CH3-].[CH3-].[SiH3].[Ti+2]. The first-order valence-electron chi connectivity index (χ1n) is 1.79. The quantitative estimate of drug-likeness (QED) is 0.427. The van der Waals surface area contributed by atoms with Gasteiger partial charge in [0.2, 0.25) is 0 Å². The number of hydrogen-bond acceptors (Lipinski definition) is 1. The zero-order valence-electron chi connectivity index (χ0n) is 7.58. The summed E-state index contributed by atoms with van der Waals surface area (Å²) in [6.45, 7) is 5.90. The van der Waals surface area contributed by atoms with Gasteiger partial charge >= 0.3 is 21.7 Å². The summed E-state index contributed by atoms with van der Waals surface area (Å²) in [5.74, 6) is 0. The number of nitrogens with two attached hydrogens (primary N) is 1. The number of rotatable bonds is 0. The Kier molecular flexibility index (Phi) is 42.3. The van der Waals surface area contributed by atoms with E-state index in [-0.39, 0.29) is 53.1 Å². The van der Waals surface area contributed by atoms with Crippen molar-refractivity contribution in [2.45, 2.75) is 26.3 Å². The Morgan fingerprint density at radius 1 is 1.00 bits per heavy atom. The second-order valence-corrected chi connectivity index (χ2v) is 2.37. The van der Waals surface area contributed by atoms with E-state index in [1.54, 1.807) is 0 Å². The van der Waals surface area contributed by atoms with Gasteiger partial charge in [-0.1, -0.05) is 0 Å². The molecule has 0 heterocycles. The minimum atomic E-state index is 0. The summed E-state index contributed by atoms with van der Waals surface area (Å²) in [4.78, 5) is 0. The third kappa shape index (κ3) is 532. The first-order valence-corrected chi connectivity index (χ1v) is 1.79. The van der Waals surface area contributed by atoms with Crippen molar-refractivity contribution in [2.75, 3.05) is 0 Å². The van der Waals surface area contributed by atoms with Crippen molar-refractivity contribution in [2.24, 2.45) is 5.73 Å². The van der Waals surface area contributed by atoms with E-state index in [4.69, 9.17) is 5.73 Å². The van der Waals surface area contributed by atoms with Crippen molar-refractivity contribution in [1.82, 2.24) is 0 Å². The van der Waals surface area contributed by atoms with E-state index in [0.29, 0.717) is 0 Å². The molecule has 0 rings (SSSR count). The topological polar surface area (TPSA) is 26.0 Å². The van der Waals surface area contributed by atoms with Gasteiger partial charge in [-0.05, 0) is 31.7 Å². The normalized spacial score (nSPS) is 6.67. The molecule has 0 aliphatic rings. The Hall–Kier alpha value is 0.891. The average molecular weight is 182 g/mol. The van der Waals surface area contributed by atoms with Gasteiger partial charge in [0.25, 0.3) is 0 Å². The first-order chi connectivity index (χ1) is 2.00. The van der Waals surface area contributed by atoms with E-state index in [2.05, 4.69) is 0 Å². The third-order valence-electron chi connectivity index (χ3n) is 0. The Morgan fingerprint density at radius 2 is 1.00 bits per heavy atom. The van der Waals surface area contributed by atoms with Crippen LogP contribution in [-0.4, -0.2) is 16.5 Å². The third-order valence-corrected chi connectivity index (χ3v) is 0. The molecule has 0 spiro atoms. The fourth-order valence-electron chi connectivity index (χ4n) is 0. The van der Waals surface area contributed by atoms with Gasteiger partial charge in [-0.25, -0.2) is 0 Å². The fraction of sp³-hybridized carbons (Fsp3) is 0.667. The predicted molar refractivity (Wildman–Crippen MR) is 46.7 cm³/mol. The minimum Gasteiger partial charge on any atom is -0.358 e. The zero-order valence-corrected chi connectivity index (χ0v) is 11.1. The van der Waals surface area contributed by atoms with Crippen LogP contribution >= 0.6 is 0 Å². The van der Waals surface area contributed by atoms with Gasteiger partial charge < -0.3 is 20.6 Å². The van der Waals surface area contributed by atoms with E-state index >= 15 is 0 Å². The maximum Gasteiger partial charge on any atom is 2.00 e. The summed E-state index contributed by atoms with van der Waals surface area (Å²) >= 11 is 0. The standard InChI is InChI=1S/C4H11N.2CH3.H3Si.Ti/c1-4(2,3)5;;;;/h5H2,1-3H3;3*1H3;/q;2*-1;;+2. The van der Waals surface area contributed by atoms with Crippen molar-refractivity contribution < 1.29 is 21.7 Å². The molecule has 0 amide bonds. The molecule has 0 aromatic carbocycles. The summed E-state index contributed by atoms with van der Waals surface area (Å²) in [5.41, 5.74) is 5.35. The van der Waals surface area contributed by atoms with Gasteiger partial charge in [0, 0.05) is 5.54 Å². The second kappa shape index (κ2) is 11.7. The molecular weight excluding hydrogens is 162 g/mol. The van der Waals surface area contributed by atoms with Crippen LogP contribution in [0.25, 0.3) is 0 Å². The molecule has 1 nitrogen and oxygen atoms in total. The van der Waals surface area contributed by atoms with Crippen LogP contribution < -0.4 is 5.73 Å². The molecule has 1 radical (unpaired) electrons. The summed E-state index contributed by atoms with van der Waals surface area (Å²) in [6.07, 6.45) is 0. The molecule has 0 bridgehead atoms. The van der Waals surface area contributed by atoms with Crippen LogP contribution in [-0.2, 0) is 21.7 Å². The molecule has 3 heteroatoms. The summed E-state index contributed by atoms with van der Waals surface area (Å²) in [5, 5.41) is 0. The second-order valence-electron chi connectivity index (χ2n) is 2.37. The van der Waals surface area contributed by atoms with Gasteiger partial charge in [0.1, 0.15) is 0 Å². The van der Waals surface area contributed by atoms with Gasteiger partial charge in [-0.3, -0.25) is 0 Å². The zero-order chi connectivity index (χ0) is 4.50. The van der Waals surface area contributed by atoms with Crippen LogP contribution in [0, 0.1) is 14.9 Å². The van der Waals surface area contributed by atoms with Crippen LogP contribution in [0.2, 0.25) is 0 Å². The Morgan fingerprint density at radius 3 is 1.00 bits per heavy atom. The van der Waals surface area contributed by atoms with Crippen molar-refractivity contribution in [1.29, 1.82) is 0 Å². The van der Waals surface area contributed by atoms with Crippen LogP contribution in [0.1, 0.15) is 20.8 Å². The van der Waals surface area contributed by atoms with Crippen molar-refractivity contribution >= 4 is 11.0 Å². The van der Waals surface area contributed by atoms with Crippen molar-refractivity contribution in [3.05, 3.63) is 14.9 Å². The van der Waals surface area contributed by atoms with Crippen LogP contribution in [0.3, 0.4) is 0 Å². The van der Waals surface area contributed by atoms with Crippen LogP contribution in [0.4, 0.5) is 0 Å². The molecule has 0 aliphatic carbocycles. The average Bonchev–Trinajstić information content (AvgIpc) is 0.722. The van der Waals surface area contributed by atoms with E-state index < -0.39 is 0 Å². The van der Waals surface area contributed by atoms with Gasteiger partial charge in [0.05, 0.1) is 0 Å². The van der Waals surface area contributed by atoms with Crippen molar-refractivity contribution in [3.8, 4) is 0 Å².